The number of esters is 1. The van der Waals surface area contributed by atoms with Crippen molar-refractivity contribution < 1.29 is 9.53 Å². The minimum Gasteiger partial charge on any atom is -0.461 e. The van der Waals surface area contributed by atoms with Crippen LogP contribution < -0.4 is 0 Å². The van der Waals surface area contributed by atoms with Gasteiger partial charge in [-0.2, -0.15) is 4.80 Å². The molecule has 152 valence electrons. The summed E-state index contributed by atoms with van der Waals surface area (Å²) in [6, 6.07) is 19.9. The summed E-state index contributed by atoms with van der Waals surface area (Å²) in [5, 5.41) is 15.1. The maximum atomic E-state index is 12.2. The number of ether oxygens (including phenoxy) is 1. The van der Waals surface area contributed by atoms with E-state index in [9.17, 15) is 4.79 Å². The lowest BCUT2D eigenvalue weighted by atomic mass is 10.1. The Morgan fingerprint density at radius 3 is 2.57 bits per heavy atom. The third-order valence-electron chi connectivity index (χ3n) is 4.45. The van der Waals surface area contributed by atoms with E-state index in [1.54, 1.807) is 5.38 Å². The highest BCUT2D eigenvalue weighted by molar-refractivity contribution is 7.09. The molecule has 0 unspecified atom stereocenters. The molecule has 0 amide bonds. The van der Waals surface area contributed by atoms with E-state index in [0.717, 1.165) is 23.4 Å². The Bertz CT molecular complexity index is 1080. The highest BCUT2D eigenvalue weighted by Gasteiger charge is 2.12. The van der Waals surface area contributed by atoms with Crippen molar-refractivity contribution in [1.82, 2.24) is 25.2 Å². The molecular formula is C22H21N5O2S. The molecule has 0 radical (unpaired) electrons. The molecule has 2 heterocycles. The second-order valence-electron chi connectivity index (χ2n) is 6.68. The summed E-state index contributed by atoms with van der Waals surface area (Å²) in [6.45, 7) is 0.796. The molecule has 2 aromatic carbocycles. The van der Waals surface area contributed by atoms with Crippen molar-refractivity contribution in [2.45, 2.75) is 25.8 Å². The van der Waals surface area contributed by atoms with Gasteiger partial charge in [-0.25, -0.2) is 9.78 Å². The third kappa shape index (κ3) is 5.36. The van der Waals surface area contributed by atoms with Crippen LogP contribution in [-0.2, 0) is 24.1 Å². The normalized spacial score (nSPS) is 10.8. The molecule has 0 aliphatic rings. The Balaban J connectivity index is 1.20. The monoisotopic (exact) mass is 419 g/mol. The lowest BCUT2D eigenvalue weighted by Crippen LogP contribution is -2.10. The first kappa shape index (κ1) is 19.9. The molecule has 0 saturated heterocycles. The standard InChI is InChI=1S/C22H21N5O2S/c28-22(19-16-30-20(23-19)13-12-17-8-3-1-4-9-17)29-15-7-14-27-25-21(24-26-27)18-10-5-2-6-11-18/h1-6,8-11,16H,7,12-15H2. The maximum absolute atomic E-state index is 12.2. The molecule has 0 aliphatic heterocycles. The predicted molar refractivity (Wildman–Crippen MR) is 114 cm³/mol. The van der Waals surface area contributed by atoms with Crippen LogP contribution in [0.2, 0.25) is 0 Å². The number of benzene rings is 2. The molecule has 0 fully saturated rings. The largest absolute Gasteiger partial charge is 0.461 e. The number of hydrogen-bond acceptors (Lipinski definition) is 7. The number of carbonyl (C=O) groups is 1. The van der Waals surface area contributed by atoms with E-state index in [2.05, 4.69) is 32.5 Å². The number of aryl methyl sites for hydroxylation is 3. The molecule has 2 aromatic heterocycles. The molecule has 30 heavy (non-hydrogen) atoms. The van der Waals surface area contributed by atoms with Gasteiger partial charge in [-0.3, -0.25) is 0 Å². The highest BCUT2D eigenvalue weighted by Crippen LogP contribution is 2.14. The summed E-state index contributed by atoms with van der Waals surface area (Å²) < 4.78 is 5.33. The van der Waals surface area contributed by atoms with Gasteiger partial charge >= 0.3 is 5.97 Å². The average Bonchev–Trinajstić information content (AvgIpc) is 3.46. The Hall–Kier alpha value is -3.39. The second-order valence-corrected chi connectivity index (χ2v) is 7.62. The first-order valence-electron chi connectivity index (χ1n) is 9.76. The summed E-state index contributed by atoms with van der Waals surface area (Å²) in [4.78, 5) is 18.1. The van der Waals surface area contributed by atoms with E-state index in [-0.39, 0.29) is 6.61 Å². The fourth-order valence-corrected chi connectivity index (χ4v) is 3.67. The van der Waals surface area contributed by atoms with Gasteiger partial charge in [0.1, 0.15) is 0 Å². The van der Waals surface area contributed by atoms with Crippen molar-refractivity contribution in [3.8, 4) is 11.4 Å². The molecule has 4 rings (SSSR count). The van der Waals surface area contributed by atoms with Crippen LogP contribution in [0.15, 0.2) is 66.0 Å². The number of rotatable bonds is 9. The molecular weight excluding hydrogens is 398 g/mol. The van der Waals surface area contributed by atoms with Gasteiger partial charge < -0.3 is 4.74 Å². The predicted octanol–water partition coefficient (Wildman–Crippen LogP) is 3.83. The number of carbonyl (C=O) groups excluding carboxylic acids is 1. The Morgan fingerprint density at radius 2 is 1.77 bits per heavy atom. The van der Waals surface area contributed by atoms with Gasteiger partial charge in [0.05, 0.1) is 18.2 Å². The molecule has 0 spiro atoms. The lowest BCUT2D eigenvalue weighted by Gasteiger charge is -2.02. The number of nitrogens with zero attached hydrogens (tertiary/aromatic N) is 5. The van der Waals surface area contributed by atoms with Crippen LogP contribution in [0.5, 0.6) is 0 Å². The zero-order valence-electron chi connectivity index (χ0n) is 16.3. The first-order chi connectivity index (χ1) is 14.8. The van der Waals surface area contributed by atoms with Crippen LogP contribution >= 0.6 is 11.3 Å². The third-order valence-corrected chi connectivity index (χ3v) is 5.36. The zero-order valence-corrected chi connectivity index (χ0v) is 17.2. The van der Waals surface area contributed by atoms with Gasteiger partial charge in [0.2, 0.25) is 5.82 Å². The van der Waals surface area contributed by atoms with E-state index < -0.39 is 5.97 Å². The Morgan fingerprint density at radius 1 is 1.00 bits per heavy atom. The molecule has 0 bridgehead atoms. The Kier molecular flexibility index (Phi) is 6.56. The van der Waals surface area contributed by atoms with Gasteiger partial charge in [-0.1, -0.05) is 60.7 Å². The minimum absolute atomic E-state index is 0.276. The molecule has 0 saturated carbocycles. The fourth-order valence-electron chi connectivity index (χ4n) is 2.90. The molecule has 8 heteroatoms. The van der Waals surface area contributed by atoms with Crippen LogP contribution in [-0.4, -0.2) is 37.8 Å². The van der Waals surface area contributed by atoms with Crippen molar-refractivity contribution in [3.05, 3.63) is 82.3 Å². The summed E-state index contributed by atoms with van der Waals surface area (Å²) in [7, 11) is 0. The average molecular weight is 420 g/mol. The van der Waals surface area contributed by atoms with Crippen molar-refractivity contribution in [2.75, 3.05) is 6.61 Å². The van der Waals surface area contributed by atoms with Gasteiger partial charge in [0.15, 0.2) is 5.69 Å². The lowest BCUT2D eigenvalue weighted by molar-refractivity contribution is 0.0487. The smallest absolute Gasteiger partial charge is 0.357 e. The van der Waals surface area contributed by atoms with Gasteiger partial charge in [-0.15, -0.1) is 21.5 Å². The number of thiazole rings is 1. The molecule has 4 aromatic rings. The van der Waals surface area contributed by atoms with Crippen LogP contribution in [0.4, 0.5) is 0 Å². The molecule has 0 atom stereocenters. The first-order valence-corrected chi connectivity index (χ1v) is 10.6. The zero-order chi connectivity index (χ0) is 20.6. The van der Waals surface area contributed by atoms with E-state index in [1.807, 2.05) is 48.5 Å². The highest BCUT2D eigenvalue weighted by atomic mass is 32.1. The summed E-state index contributed by atoms with van der Waals surface area (Å²) in [6.07, 6.45) is 2.31. The van der Waals surface area contributed by atoms with Crippen molar-refractivity contribution in [3.63, 3.8) is 0 Å². The number of aromatic nitrogens is 5. The molecule has 7 nitrogen and oxygen atoms in total. The minimum atomic E-state index is -0.395. The Labute approximate surface area is 178 Å². The second kappa shape index (κ2) is 9.89. The van der Waals surface area contributed by atoms with Crippen LogP contribution in [0.3, 0.4) is 0 Å². The van der Waals surface area contributed by atoms with Gasteiger partial charge in [-0.05, 0) is 17.2 Å². The van der Waals surface area contributed by atoms with Gasteiger partial charge in [0.25, 0.3) is 0 Å². The van der Waals surface area contributed by atoms with E-state index in [4.69, 9.17) is 4.74 Å². The molecule has 0 N–H and O–H groups in total. The van der Waals surface area contributed by atoms with Crippen LogP contribution in [0.1, 0.15) is 27.5 Å². The van der Waals surface area contributed by atoms with Crippen LogP contribution in [0.25, 0.3) is 11.4 Å². The summed E-state index contributed by atoms with van der Waals surface area (Å²) in [5.74, 6) is 0.187. The van der Waals surface area contributed by atoms with E-state index in [1.165, 1.54) is 21.7 Å². The van der Waals surface area contributed by atoms with Crippen molar-refractivity contribution in [2.24, 2.45) is 0 Å². The summed E-state index contributed by atoms with van der Waals surface area (Å²) in [5.41, 5.74) is 2.55. The van der Waals surface area contributed by atoms with Crippen molar-refractivity contribution >= 4 is 17.3 Å². The fraction of sp³-hybridized carbons (Fsp3) is 0.227. The van der Waals surface area contributed by atoms with Crippen LogP contribution in [0, 0.1) is 0 Å². The van der Waals surface area contributed by atoms with E-state index >= 15 is 0 Å². The maximum Gasteiger partial charge on any atom is 0.357 e. The quantitative estimate of drug-likeness (QED) is 0.303. The SMILES string of the molecule is O=C(OCCCn1nnc(-c2ccccc2)n1)c1csc(CCc2ccccc2)n1. The summed E-state index contributed by atoms with van der Waals surface area (Å²) >= 11 is 1.49. The van der Waals surface area contributed by atoms with E-state index in [0.29, 0.717) is 24.5 Å². The topological polar surface area (TPSA) is 82.8 Å². The van der Waals surface area contributed by atoms with Crippen molar-refractivity contribution in [1.29, 1.82) is 0 Å². The molecule has 0 aliphatic carbocycles. The number of hydrogen-bond donors (Lipinski definition) is 0. The van der Waals surface area contributed by atoms with Gasteiger partial charge in [0, 0.05) is 23.8 Å². The number of tetrazole rings is 1.